The molecule has 2 heterocycles. The van der Waals surface area contributed by atoms with Crippen LogP contribution in [0.2, 0.25) is 0 Å². The van der Waals surface area contributed by atoms with E-state index in [-0.39, 0.29) is 0 Å². The standard InChI is InChI=1S/C12H19N3.C2H6/c1-10(2)11-3-4-12(14-9-11)15-7-5-13-6-8-15;1-2/h3-4,9-10,13H,5-8H2,1-2H3;1-2H3. The molecule has 3 nitrogen and oxygen atoms in total. The van der Waals surface area contributed by atoms with Gasteiger partial charge in [0, 0.05) is 32.4 Å². The summed E-state index contributed by atoms with van der Waals surface area (Å²) in [6.45, 7) is 12.6. The van der Waals surface area contributed by atoms with Crippen LogP contribution in [0.15, 0.2) is 18.3 Å². The van der Waals surface area contributed by atoms with Crippen molar-refractivity contribution in [3.05, 3.63) is 23.9 Å². The Morgan fingerprint density at radius 1 is 1.18 bits per heavy atom. The second-order valence-corrected chi connectivity index (χ2v) is 4.34. The maximum Gasteiger partial charge on any atom is 0.128 e. The summed E-state index contributed by atoms with van der Waals surface area (Å²) >= 11 is 0. The minimum absolute atomic E-state index is 0.564. The van der Waals surface area contributed by atoms with E-state index in [1.165, 1.54) is 5.56 Å². The Kier molecular flexibility index (Phi) is 5.98. The largest absolute Gasteiger partial charge is 0.354 e. The van der Waals surface area contributed by atoms with Gasteiger partial charge in [0.25, 0.3) is 0 Å². The summed E-state index contributed by atoms with van der Waals surface area (Å²) in [7, 11) is 0. The zero-order chi connectivity index (χ0) is 12.7. The molecule has 17 heavy (non-hydrogen) atoms. The second kappa shape index (κ2) is 7.28. The molecule has 0 bridgehead atoms. The van der Waals surface area contributed by atoms with Crippen LogP contribution in [0, 0.1) is 0 Å². The Hall–Kier alpha value is -1.09. The van der Waals surface area contributed by atoms with Crippen molar-refractivity contribution in [3.8, 4) is 0 Å². The Morgan fingerprint density at radius 2 is 1.82 bits per heavy atom. The highest BCUT2D eigenvalue weighted by Gasteiger charge is 2.11. The van der Waals surface area contributed by atoms with Gasteiger partial charge in [-0.2, -0.15) is 0 Å². The molecular weight excluding hydrogens is 210 g/mol. The first kappa shape index (κ1) is 14.0. The number of piperazine rings is 1. The predicted octanol–water partition coefficient (Wildman–Crippen LogP) is 2.64. The number of nitrogens with zero attached hydrogens (tertiary/aromatic N) is 2. The lowest BCUT2D eigenvalue weighted by molar-refractivity contribution is 0.585. The van der Waals surface area contributed by atoms with Gasteiger partial charge in [0.2, 0.25) is 0 Å². The molecule has 2 rings (SSSR count). The van der Waals surface area contributed by atoms with Crippen molar-refractivity contribution in [1.29, 1.82) is 0 Å². The van der Waals surface area contributed by atoms with Crippen LogP contribution in [0.1, 0.15) is 39.2 Å². The van der Waals surface area contributed by atoms with Crippen molar-refractivity contribution in [3.63, 3.8) is 0 Å². The van der Waals surface area contributed by atoms with Gasteiger partial charge in [-0.25, -0.2) is 4.98 Å². The van der Waals surface area contributed by atoms with Crippen molar-refractivity contribution >= 4 is 5.82 Å². The van der Waals surface area contributed by atoms with Crippen LogP contribution in [0.3, 0.4) is 0 Å². The van der Waals surface area contributed by atoms with E-state index in [1.54, 1.807) is 0 Å². The normalized spacial score (nSPS) is 15.5. The molecule has 0 aromatic carbocycles. The Morgan fingerprint density at radius 3 is 2.29 bits per heavy atom. The van der Waals surface area contributed by atoms with Crippen molar-refractivity contribution in [1.82, 2.24) is 10.3 Å². The first-order valence-corrected chi connectivity index (χ1v) is 6.69. The molecule has 1 aliphatic heterocycles. The van der Waals surface area contributed by atoms with Gasteiger partial charge in [-0.05, 0) is 17.5 Å². The highest BCUT2D eigenvalue weighted by Crippen LogP contribution is 2.17. The van der Waals surface area contributed by atoms with E-state index >= 15 is 0 Å². The van der Waals surface area contributed by atoms with E-state index in [4.69, 9.17) is 0 Å². The quantitative estimate of drug-likeness (QED) is 0.854. The lowest BCUT2D eigenvalue weighted by atomic mass is 10.1. The van der Waals surface area contributed by atoms with Crippen LogP contribution in [0.25, 0.3) is 0 Å². The van der Waals surface area contributed by atoms with Crippen LogP contribution < -0.4 is 10.2 Å². The average Bonchev–Trinajstić information content (AvgIpc) is 2.42. The number of hydrogen-bond donors (Lipinski definition) is 1. The number of anilines is 1. The van der Waals surface area contributed by atoms with Crippen LogP contribution >= 0.6 is 0 Å². The van der Waals surface area contributed by atoms with Crippen molar-refractivity contribution in [2.45, 2.75) is 33.6 Å². The van der Waals surface area contributed by atoms with Gasteiger partial charge in [-0.15, -0.1) is 0 Å². The molecule has 1 aromatic rings. The van der Waals surface area contributed by atoms with E-state index < -0.39 is 0 Å². The summed E-state index contributed by atoms with van der Waals surface area (Å²) in [6.07, 6.45) is 2.00. The number of rotatable bonds is 2. The molecular formula is C14H25N3. The monoisotopic (exact) mass is 235 g/mol. The molecule has 3 heteroatoms. The summed E-state index contributed by atoms with van der Waals surface area (Å²) in [4.78, 5) is 6.86. The third-order valence-electron chi connectivity index (χ3n) is 2.88. The zero-order valence-electron chi connectivity index (χ0n) is 11.5. The third kappa shape index (κ3) is 4.00. The summed E-state index contributed by atoms with van der Waals surface area (Å²) in [6, 6.07) is 4.33. The van der Waals surface area contributed by atoms with Crippen molar-refractivity contribution < 1.29 is 0 Å². The summed E-state index contributed by atoms with van der Waals surface area (Å²) in [5.74, 6) is 1.68. The topological polar surface area (TPSA) is 28.2 Å². The van der Waals surface area contributed by atoms with Gasteiger partial charge in [0.1, 0.15) is 5.82 Å². The molecule has 0 unspecified atom stereocenters. The van der Waals surface area contributed by atoms with Crippen molar-refractivity contribution in [2.24, 2.45) is 0 Å². The van der Waals surface area contributed by atoms with Gasteiger partial charge in [0.15, 0.2) is 0 Å². The highest BCUT2D eigenvalue weighted by atomic mass is 15.2. The molecule has 1 aliphatic rings. The zero-order valence-corrected chi connectivity index (χ0v) is 11.5. The van der Waals surface area contributed by atoms with E-state index in [1.807, 2.05) is 20.0 Å². The van der Waals surface area contributed by atoms with Crippen LogP contribution in [-0.4, -0.2) is 31.2 Å². The molecule has 1 N–H and O–H groups in total. The van der Waals surface area contributed by atoms with E-state index in [9.17, 15) is 0 Å². The Labute approximate surface area is 105 Å². The number of nitrogens with one attached hydrogen (secondary N) is 1. The summed E-state index contributed by atoms with van der Waals surface area (Å²) in [5.41, 5.74) is 1.31. The number of aromatic nitrogens is 1. The van der Waals surface area contributed by atoms with Gasteiger partial charge in [-0.1, -0.05) is 33.8 Å². The smallest absolute Gasteiger partial charge is 0.128 e. The molecule has 0 atom stereocenters. The fourth-order valence-corrected chi connectivity index (χ4v) is 1.82. The average molecular weight is 235 g/mol. The van der Waals surface area contributed by atoms with Gasteiger partial charge >= 0.3 is 0 Å². The SMILES string of the molecule is CC.CC(C)c1ccc(N2CCNCC2)nc1. The Bertz CT molecular complexity index is 300. The number of hydrogen-bond acceptors (Lipinski definition) is 3. The highest BCUT2D eigenvalue weighted by molar-refractivity contribution is 5.40. The molecule has 96 valence electrons. The summed E-state index contributed by atoms with van der Waals surface area (Å²) < 4.78 is 0. The second-order valence-electron chi connectivity index (χ2n) is 4.34. The van der Waals surface area contributed by atoms with Gasteiger partial charge in [-0.3, -0.25) is 0 Å². The van der Waals surface area contributed by atoms with Crippen LogP contribution in [0.4, 0.5) is 5.82 Å². The maximum atomic E-state index is 4.52. The fourth-order valence-electron chi connectivity index (χ4n) is 1.82. The minimum atomic E-state index is 0.564. The Balaban J connectivity index is 0.000000686. The van der Waals surface area contributed by atoms with Crippen LogP contribution in [-0.2, 0) is 0 Å². The lowest BCUT2D eigenvalue weighted by Crippen LogP contribution is -2.43. The maximum absolute atomic E-state index is 4.52. The first-order chi connectivity index (χ1) is 8.27. The van der Waals surface area contributed by atoms with Gasteiger partial charge in [0.05, 0.1) is 0 Å². The molecule has 0 amide bonds. The molecule has 1 aromatic heterocycles. The number of pyridine rings is 1. The lowest BCUT2D eigenvalue weighted by Gasteiger charge is -2.28. The van der Waals surface area contributed by atoms with Crippen LogP contribution in [0.5, 0.6) is 0 Å². The van der Waals surface area contributed by atoms with E-state index in [0.717, 1.165) is 32.0 Å². The minimum Gasteiger partial charge on any atom is -0.354 e. The van der Waals surface area contributed by atoms with E-state index in [0.29, 0.717) is 5.92 Å². The van der Waals surface area contributed by atoms with Gasteiger partial charge < -0.3 is 10.2 Å². The molecule has 0 radical (unpaired) electrons. The van der Waals surface area contributed by atoms with Crippen molar-refractivity contribution in [2.75, 3.05) is 31.1 Å². The molecule has 1 fully saturated rings. The predicted molar refractivity (Wildman–Crippen MR) is 74.8 cm³/mol. The van der Waals surface area contributed by atoms with E-state index in [2.05, 4.69) is 41.2 Å². The molecule has 0 spiro atoms. The fraction of sp³-hybridized carbons (Fsp3) is 0.643. The summed E-state index contributed by atoms with van der Waals surface area (Å²) in [5, 5.41) is 3.34. The third-order valence-corrected chi connectivity index (χ3v) is 2.88. The molecule has 1 saturated heterocycles. The molecule has 0 aliphatic carbocycles. The molecule has 0 saturated carbocycles. The first-order valence-electron chi connectivity index (χ1n) is 6.69.